The van der Waals surface area contributed by atoms with Gasteiger partial charge in [0.15, 0.2) is 0 Å². The topological polar surface area (TPSA) is 34.4 Å². The molecule has 2 rings (SSSR count). The Balaban J connectivity index is 1.65. The van der Waals surface area contributed by atoms with Gasteiger partial charge in [0, 0.05) is 6.61 Å². The Kier molecular flexibility index (Phi) is 5.08. The van der Waals surface area contributed by atoms with Crippen molar-refractivity contribution in [2.24, 2.45) is 5.92 Å². The monoisotopic (exact) mass is 237 g/mol. The van der Waals surface area contributed by atoms with E-state index in [1.54, 1.807) is 0 Å². The maximum atomic E-state index is 5.71. The molecule has 0 saturated heterocycles. The summed E-state index contributed by atoms with van der Waals surface area (Å²) >= 11 is 0. The molecule has 0 radical (unpaired) electrons. The molecule has 0 unspecified atom stereocenters. The largest absolute Gasteiger partial charge is 0.462 e. The summed E-state index contributed by atoms with van der Waals surface area (Å²) in [6.07, 6.45) is 5.43. The summed E-state index contributed by atoms with van der Waals surface area (Å²) in [4.78, 5) is 0. The van der Waals surface area contributed by atoms with Crippen molar-refractivity contribution < 1.29 is 9.15 Å². The Morgan fingerprint density at radius 1 is 1.29 bits per heavy atom. The SMILES string of the molecule is CCNCc1ccc(COCC2CCCC2)o1. The highest BCUT2D eigenvalue weighted by molar-refractivity contribution is 5.06. The molecule has 1 N–H and O–H groups in total. The van der Waals surface area contributed by atoms with Crippen LogP contribution in [0.15, 0.2) is 16.5 Å². The van der Waals surface area contributed by atoms with Crippen molar-refractivity contribution in [2.75, 3.05) is 13.2 Å². The van der Waals surface area contributed by atoms with Gasteiger partial charge in [-0.2, -0.15) is 0 Å². The Morgan fingerprint density at radius 3 is 2.82 bits per heavy atom. The van der Waals surface area contributed by atoms with E-state index in [0.717, 1.165) is 37.1 Å². The number of ether oxygens (including phenoxy) is 1. The van der Waals surface area contributed by atoms with E-state index in [-0.39, 0.29) is 0 Å². The lowest BCUT2D eigenvalue weighted by Crippen LogP contribution is -2.10. The van der Waals surface area contributed by atoms with Crippen molar-refractivity contribution in [1.82, 2.24) is 5.32 Å². The minimum absolute atomic E-state index is 0.614. The molecule has 1 aromatic heterocycles. The van der Waals surface area contributed by atoms with E-state index in [2.05, 4.69) is 12.2 Å². The maximum Gasteiger partial charge on any atom is 0.129 e. The van der Waals surface area contributed by atoms with Gasteiger partial charge in [-0.25, -0.2) is 0 Å². The molecule has 3 heteroatoms. The number of rotatable bonds is 7. The standard InChI is InChI=1S/C14H23NO2/c1-2-15-9-13-7-8-14(17-13)11-16-10-12-5-3-4-6-12/h7-8,12,15H,2-6,9-11H2,1H3. The quantitative estimate of drug-likeness (QED) is 0.791. The van der Waals surface area contributed by atoms with Gasteiger partial charge >= 0.3 is 0 Å². The van der Waals surface area contributed by atoms with Gasteiger partial charge < -0.3 is 14.5 Å². The molecule has 17 heavy (non-hydrogen) atoms. The van der Waals surface area contributed by atoms with Crippen molar-refractivity contribution in [3.63, 3.8) is 0 Å². The van der Waals surface area contributed by atoms with E-state index >= 15 is 0 Å². The molecule has 96 valence electrons. The first-order chi connectivity index (χ1) is 8.38. The average Bonchev–Trinajstić information content (AvgIpc) is 2.98. The smallest absolute Gasteiger partial charge is 0.129 e. The van der Waals surface area contributed by atoms with E-state index in [1.807, 2.05) is 12.1 Å². The lowest BCUT2D eigenvalue weighted by Gasteiger charge is -2.08. The fourth-order valence-corrected chi connectivity index (χ4v) is 2.35. The lowest BCUT2D eigenvalue weighted by molar-refractivity contribution is 0.0764. The predicted octanol–water partition coefficient (Wildman–Crippen LogP) is 3.10. The molecule has 1 aliphatic rings. The zero-order valence-corrected chi connectivity index (χ0v) is 10.7. The van der Waals surface area contributed by atoms with Crippen LogP contribution in [0.25, 0.3) is 0 Å². The molecular formula is C14H23NO2. The van der Waals surface area contributed by atoms with E-state index in [0.29, 0.717) is 6.61 Å². The van der Waals surface area contributed by atoms with Crippen LogP contribution in [0.5, 0.6) is 0 Å². The van der Waals surface area contributed by atoms with Crippen LogP contribution in [0.4, 0.5) is 0 Å². The van der Waals surface area contributed by atoms with Crippen molar-refractivity contribution in [1.29, 1.82) is 0 Å². The van der Waals surface area contributed by atoms with E-state index in [4.69, 9.17) is 9.15 Å². The molecule has 1 aromatic rings. The highest BCUT2D eigenvalue weighted by atomic mass is 16.5. The van der Waals surface area contributed by atoms with Crippen LogP contribution in [-0.2, 0) is 17.9 Å². The molecule has 0 aromatic carbocycles. The van der Waals surface area contributed by atoms with E-state index in [1.165, 1.54) is 25.7 Å². The molecule has 0 aliphatic heterocycles. The first-order valence-corrected chi connectivity index (χ1v) is 6.74. The molecule has 0 bridgehead atoms. The average molecular weight is 237 g/mol. The van der Waals surface area contributed by atoms with Crippen LogP contribution in [-0.4, -0.2) is 13.2 Å². The normalized spacial score (nSPS) is 16.8. The van der Waals surface area contributed by atoms with Crippen molar-refractivity contribution in [3.8, 4) is 0 Å². The van der Waals surface area contributed by atoms with Gasteiger partial charge in [-0.05, 0) is 37.4 Å². The number of furan rings is 1. The van der Waals surface area contributed by atoms with Gasteiger partial charge in [0.2, 0.25) is 0 Å². The van der Waals surface area contributed by atoms with Gasteiger partial charge in [-0.1, -0.05) is 19.8 Å². The highest BCUT2D eigenvalue weighted by Gasteiger charge is 2.15. The second-order valence-electron chi connectivity index (χ2n) is 4.81. The zero-order chi connectivity index (χ0) is 11.9. The fraction of sp³-hybridized carbons (Fsp3) is 0.714. The zero-order valence-electron chi connectivity index (χ0n) is 10.7. The second-order valence-corrected chi connectivity index (χ2v) is 4.81. The minimum atomic E-state index is 0.614. The molecule has 1 aliphatic carbocycles. The summed E-state index contributed by atoms with van der Waals surface area (Å²) in [7, 11) is 0. The molecule has 0 atom stereocenters. The van der Waals surface area contributed by atoms with Crippen LogP contribution in [0.1, 0.15) is 44.1 Å². The summed E-state index contributed by atoms with van der Waals surface area (Å²) in [5, 5.41) is 3.24. The van der Waals surface area contributed by atoms with Gasteiger partial charge in [0.25, 0.3) is 0 Å². The Bertz CT molecular complexity index is 316. The lowest BCUT2D eigenvalue weighted by atomic mass is 10.1. The van der Waals surface area contributed by atoms with E-state index < -0.39 is 0 Å². The van der Waals surface area contributed by atoms with Crippen LogP contribution < -0.4 is 5.32 Å². The van der Waals surface area contributed by atoms with Gasteiger partial charge in [-0.3, -0.25) is 0 Å². The molecule has 0 spiro atoms. The van der Waals surface area contributed by atoms with Gasteiger partial charge in [0.1, 0.15) is 18.1 Å². The number of nitrogens with one attached hydrogen (secondary N) is 1. The number of hydrogen-bond donors (Lipinski definition) is 1. The van der Waals surface area contributed by atoms with E-state index in [9.17, 15) is 0 Å². The summed E-state index contributed by atoms with van der Waals surface area (Å²) in [6, 6.07) is 4.04. The highest BCUT2D eigenvalue weighted by Crippen LogP contribution is 2.25. The van der Waals surface area contributed by atoms with Gasteiger partial charge in [-0.15, -0.1) is 0 Å². The molecule has 1 saturated carbocycles. The third-order valence-corrected chi connectivity index (χ3v) is 3.34. The number of hydrogen-bond acceptors (Lipinski definition) is 3. The third-order valence-electron chi connectivity index (χ3n) is 3.34. The first-order valence-electron chi connectivity index (χ1n) is 6.74. The Labute approximate surface area is 104 Å². The van der Waals surface area contributed by atoms with Crippen molar-refractivity contribution in [2.45, 2.75) is 45.8 Å². The summed E-state index contributed by atoms with van der Waals surface area (Å²) in [5.41, 5.74) is 0. The van der Waals surface area contributed by atoms with Crippen LogP contribution in [0.3, 0.4) is 0 Å². The van der Waals surface area contributed by atoms with Crippen molar-refractivity contribution >= 4 is 0 Å². The summed E-state index contributed by atoms with van der Waals surface area (Å²) in [6.45, 7) is 5.37. The van der Waals surface area contributed by atoms with Gasteiger partial charge in [0.05, 0.1) is 6.54 Å². The Morgan fingerprint density at radius 2 is 2.06 bits per heavy atom. The maximum absolute atomic E-state index is 5.71. The van der Waals surface area contributed by atoms with Crippen LogP contribution in [0.2, 0.25) is 0 Å². The van der Waals surface area contributed by atoms with Crippen LogP contribution in [0, 0.1) is 5.92 Å². The first kappa shape index (κ1) is 12.7. The molecule has 0 amide bonds. The minimum Gasteiger partial charge on any atom is -0.462 e. The third kappa shape index (κ3) is 4.17. The summed E-state index contributed by atoms with van der Waals surface area (Å²) < 4.78 is 11.4. The summed E-state index contributed by atoms with van der Waals surface area (Å²) in [5.74, 6) is 2.72. The molecular weight excluding hydrogens is 214 g/mol. The molecule has 1 fully saturated rings. The van der Waals surface area contributed by atoms with Crippen molar-refractivity contribution in [3.05, 3.63) is 23.7 Å². The fourth-order valence-electron chi connectivity index (χ4n) is 2.35. The Hall–Kier alpha value is -0.800. The molecule has 3 nitrogen and oxygen atoms in total. The van der Waals surface area contributed by atoms with Crippen LogP contribution >= 0.6 is 0 Å². The molecule has 1 heterocycles. The second kappa shape index (κ2) is 6.82. The predicted molar refractivity (Wildman–Crippen MR) is 67.7 cm³/mol.